The third-order valence-electron chi connectivity index (χ3n) is 5.58. The van der Waals surface area contributed by atoms with Crippen molar-refractivity contribution in [3.63, 3.8) is 0 Å². The van der Waals surface area contributed by atoms with Crippen molar-refractivity contribution < 1.29 is 0 Å². The molecule has 1 N–H and O–H groups in total. The van der Waals surface area contributed by atoms with Gasteiger partial charge in [-0.05, 0) is 32.6 Å². The molecular formula is C18H36N4. The van der Waals surface area contributed by atoms with E-state index < -0.39 is 0 Å². The van der Waals surface area contributed by atoms with Crippen LogP contribution in [0.1, 0.15) is 48.0 Å². The first kappa shape index (κ1) is 16.7. The van der Waals surface area contributed by atoms with Crippen LogP contribution in [0.4, 0.5) is 0 Å². The minimum absolute atomic E-state index is 0.289. The van der Waals surface area contributed by atoms with Gasteiger partial charge in [-0.3, -0.25) is 20.0 Å². The number of fused-ring (bicyclic) bond motifs is 2. The molecule has 0 aromatic heterocycles. The lowest BCUT2D eigenvalue weighted by Crippen LogP contribution is -2.64. The minimum Gasteiger partial charge on any atom is -0.299 e. The average Bonchev–Trinajstić information content (AvgIpc) is 2.95. The highest BCUT2D eigenvalue weighted by Crippen LogP contribution is 2.34. The highest BCUT2D eigenvalue weighted by Gasteiger charge is 2.47. The molecule has 3 atom stereocenters. The first-order valence-corrected chi connectivity index (χ1v) is 9.12. The van der Waals surface area contributed by atoms with Crippen LogP contribution in [0.3, 0.4) is 0 Å². The second-order valence-corrected chi connectivity index (χ2v) is 9.82. The van der Waals surface area contributed by atoms with E-state index in [0.717, 1.165) is 18.6 Å². The van der Waals surface area contributed by atoms with E-state index in [1.54, 1.807) is 0 Å². The van der Waals surface area contributed by atoms with Crippen LogP contribution in [-0.2, 0) is 0 Å². The average molecular weight is 309 g/mol. The Balaban J connectivity index is 1.58. The molecule has 0 amide bonds. The predicted octanol–water partition coefficient (Wildman–Crippen LogP) is 1.82. The summed E-state index contributed by atoms with van der Waals surface area (Å²) in [6.45, 7) is 21.4. The Morgan fingerprint density at radius 2 is 1.68 bits per heavy atom. The summed E-state index contributed by atoms with van der Waals surface area (Å²) in [6, 6.07) is 1.56. The maximum Gasteiger partial charge on any atom is 0.0732 e. The summed E-state index contributed by atoms with van der Waals surface area (Å²) in [4.78, 5) is 8.15. The number of hydrogen-bond donors (Lipinski definition) is 1. The highest BCUT2D eigenvalue weighted by atomic mass is 15.4. The molecule has 0 saturated carbocycles. The molecule has 0 radical (unpaired) electrons. The van der Waals surface area contributed by atoms with Crippen molar-refractivity contribution in [3.8, 4) is 0 Å². The molecule has 3 rings (SSSR count). The van der Waals surface area contributed by atoms with Crippen molar-refractivity contribution in [3.05, 3.63) is 0 Å². The van der Waals surface area contributed by atoms with Gasteiger partial charge in [0.1, 0.15) is 0 Å². The van der Waals surface area contributed by atoms with Gasteiger partial charge in [0.15, 0.2) is 0 Å². The molecule has 0 spiro atoms. The van der Waals surface area contributed by atoms with Gasteiger partial charge < -0.3 is 0 Å². The van der Waals surface area contributed by atoms with Crippen LogP contribution < -0.4 is 5.32 Å². The van der Waals surface area contributed by atoms with E-state index in [1.807, 2.05) is 0 Å². The van der Waals surface area contributed by atoms with Gasteiger partial charge in [0.25, 0.3) is 0 Å². The predicted molar refractivity (Wildman–Crippen MR) is 93.0 cm³/mol. The summed E-state index contributed by atoms with van der Waals surface area (Å²) in [6.07, 6.45) is 1.93. The minimum atomic E-state index is 0.289. The van der Waals surface area contributed by atoms with Gasteiger partial charge in [-0.25, -0.2) is 0 Å². The van der Waals surface area contributed by atoms with Gasteiger partial charge in [0, 0.05) is 56.9 Å². The lowest BCUT2D eigenvalue weighted by Gasteiger charge is -2.47. The largest absolute Gasteiger partial charge is 0.299 e. The lowest BCUT2D eigenvalue weighted by molar-refractivity contribution is 0.00425. The Labute approximate surface area is 137 Å². The second kappa shape index (κ2) is 5.73. The van der Waals surface area contributed by atoms with Crippen molar-refractivity contribution in [2.24, 2.45) is 5.41 Å². The van der Waals surface area contributed by atoms with Crippen LogP contribution in [0.25, 0.3) is 0 Å². The maximum atomic E-state index is 3.78. The van der Waals surface area contributed by atoms with E-state index in [1.165, 1.54) is 39.1 Å². The maximum absolute atomic E-state index is 3.78. The van der Waals surface area contributed by atoms with Crippen molar-refractivity contribution >= 4 is 0 Å². The summed E-state index contributed by atoms with van der Waals surface area (Å²) >= 11 is 0. The molecule has 0 aromatic carbocycles. The quantitative estimate of drug-likeness (QED) is 0.840. The first-order chi connectivity index (χ1) is 10.1. The van der Waals surface area contributed by atoms with Gasteiger partial charge in [0.2, 0.25) is 0 Å². The molecule has 3 fully saturated rings. The van der Waals surface area contributed by atoms with Gasteiger partial charge >= 0.3 is 0 Å². The summed E-state index contributed by atoms with van der Waals surface area (Å²) in [7, 11) is 0. The van der Waals surface area contributed by atoms with E-state index in [9.17, 15) is 0 Å². The van der Waals surface area contributed by atoms with E-state index >= 15 is 0 Å². The zero-order valence-corrected chi connectivity index (χ0v) is 15.5. The molecule has 4 nitrogen and oxygen atoms in total. The molecule has 0 aromatic rings. The van der Waals surface area contributed by atoms with Crippen LogP contribution in [-0.4, -0.2) is 77.8 Å². The molecule has 3 heterocycles. The summed E-state index contributed by atoms with van der Waals surface area (Å²) in [5.74, 6) is 0. The molecule has 128 valence electrons. The summed E-state index contributed by atoms with van der Waals surface area (Å²) in [5, 5.41) is 3.78. The highest BCUT2D eigenvalue weighted by molar-refractivity contribution is 5.03. The van der Waals surface area contributed by atoms with E-state index in [4.69, 9.17) is 0 Å². The molecular weight excluding hydrogens is 272 g/mol. The van der Waals surface area contributed by atoms with E-state index in [0.29, 0.717) is 11.6 Å². The number of hydrogen-bond acceptors (Lipinski definition) is 4. The molecule has 3 aliphatic heterocycles. The SMILES string of the molecule is CC(C)(C)CN1CC2CC1CN2C1CN(C(C)(C)C)CCN1. The molecule has 22 heavy (non-hydrogen) atoms. The van der Waals surface area contributed by atoms with Gasteiger partial charge in [0.05, 0.1) is 6.17 Å². The summed E-state index contributed by atoms with van der Waals surface area (Å²) < 4.78 is 0. The fraction of sp³-hybridized carbons (Fsp3) is 1.00. The van der Waals surface area contributed by atoms with Crippen molar-refractivity contribution in [1.29, 1.82) is 0 Å². The normalized spacial score (nSPS) is 35.5. The van der Waals surface area contributed by atoms with Gasteiger partial charge in [-0.1, -0.05) is 20.8 Å². The Bertz CT molecular complexity index is 395. The van der Waals surface area contributed by atoms with E-state index in [-0.39, 0.29) is 5.54 Å². The van der Waals surface area contributed by atoms with Crippen molar-refractivity contribution in [1.82, 2.24) is 20.0 Å². The zero-order chi connectivity index (χ0) is 16.1. The molecule has 2 bridgehead atoms. The molecule has 3 saturated heterocycles. The lowest BCUT2D eigenvalue weighted by atomic mass is 9.95. The van der Waals surface area contributed by atoms with E-state index in [2.05, 4.69) is 61.6 Å². The van der Waals surface area contributed by atoms with Crippen LogP contribution in [0.15, 0.2) is 0 Å². The van der Waals surface area contributed by atoms with Crippen LogP contribution >= 0.6 is 0 Å². The fourth-order valence-corrected chi connectivity index (χ4v) is 4.53. The Hall–Kier alpha value is -0.160. The zero-order valence-electron chi connectivity index (χ0n) is 15.5. The van der Waals surface area contributed by atoms with Crippen LogP contribution in [0, 0.1) is 5.41 Å². The third-order valence-corrected chi connectivity index (χ3v) is 5.58. The number of likely N-dealkylation sites (tertiary alicyclic amines) is 2. The van der Waals surface area contributed by atoms with Gasteiger partial charge in [-0.15, -0.1) is 0 Å². The van der Waals surface area contributed by atoms with Crippen molar-refractivity contribution in [2.45, 2.75) is 71.8 Å². The Kier molecular flexibility index (Phi) is 4.35. The number of nitrogens with zero attached hydrogens (tertiary/aromatic N) is 3. The number of piperazine rings is 2. The second-order valence-electron chi connectivity index (χ2n) is 9.82. The standard InChI is InChI=1S/C18H36N4/c1-17(2,3)13-20-10-15-9-14(20)11-22(15)16-12-21(8-7-19-16)18(4,5)6/h14-16,19H,7-13H2,1-6H3. The molecule has 4 heteroatoms. The third kappa shape index (κ3) is 3.50. The monoisotopic (exact) mass is 308 g/mol. The summed E-state index contributed by atoms with van der Waals surface area (Å²) in [5.41, 5.74) is 0.707. The van der Waals surface area contributed by atoms with Gasteiger partial charge in [-0.2, -0.15) is 0 Å². The van der Waals surface area contributed by atoms with Crippen LogP contribution in [0.2, 0.25) is 0 Å². The first-order valence-electron chi connectivity index (χ1n) is 9.12. The van der Waals surface area contributed by atoms with Crippen molar-refractivity contribution in [2.75, 3.05) is 39.3 Å². The topological polar surface area (TPSA) is 21.8 Å². The fourth-order valence-electron chi connectivity index (χ4n) is 4.53. The smallest absolute Gasteiger partial charge is 0.0732 e. The van der Waals surface area contributed by atoms with Crippen LogP contribution in [0.5, 0.6) is 0 Å². The Morgan fingerprint density at radius 3 is 2.23 bits per heavy atom. The molecule has 0 aliphatic carbocycles. The molecule has 3 aliphatic rings. The number of nitrogens with one attached hydrogen (secondary N) is 1. The molecule has 3 unspecified atom stereocenters. The number of rotatable bonds is 2. The Morgan fingerprint density at radius 1 is 0.955 bits per heavy atom.